The highest BCUT2D eigenvalue weighted by Crippen LogP contribution is 2.28. The van der Waals surface area contributed by atoms with Gasteiger partial charge in [0.15, 0.2) is 6.10 Å². The van der Waals surface area contributed by atoms with Gasteiger partial charge in [0, 0.05) is 12.5 Å². The summed E-state index contributed by atoms with van der Waals surface area (Å²) >= 11 is 0. The summed E-state index contributed by atoms with van der Waals surface area (Å²) in [6.45, 7) is 3.51. The van der Waals surface area contributed by atoms with Crippen molar-refractivity contribution >= 4 is 29.3 Å². The molecule has 0 aliphatic carbocycles. The minimum atomic E-state index is -1.02. The summed E-state index contributed by atoms with van der Waals surface area (Å²) in [5.74, 6) is -2.45. The van der Waals surface area contributed by atoms with Crippen LogP contribution in [0, 0.1) is 0 Å². The number of hydrogen-bond acceptors (Lipinski definition) is 5. The Hall–Kier alpha value is -3.48. The van der Waals surface area contributed by atoms with Gasteiger partial charge >= 0.3 is 5.97 Å². The van der Waals surface area contributed by atoms with E-state index >= 15 is 0 Å². The third-order valence-corrected chi connectivity index (χ3v) is 5.13. The molecular formula is C23H24N2O5. The third-order valence-electron chi connectivity index (χ3n) is 5.13. The van der Waals surface area contributed by atoms with Crippen LogP contribution in [0.2, 0.25) is 0 Å². The highest BCUT2D eigenvalue weighted by atomic mass is 16.5. The van der Waals surface area contributed by atoms with Crippen molar-refractivity contribution in [3.05, 3.63) is 65.7 Å². The zero-order valence-corrected chi connectivity index (χ0v) is 17.0. The molecule has 2 atom stereocenters. The van der Waals surface area contributed by atoms with E-state index in [0.717, 1.165) is 16.9 Å². The minimum Gasteiger partial charge on any atom is -0.451 e. The van der Waals surface area contributed by atoms with Crippen LogP contribution in [0.5, 0.6) is 0 Å². The van der Waals surface area contributed by atoms with Crippen molar-refractivity contribution in [2.24, 2.45) is 0 Å². The molecule has 0 aromatic heterocycles. The van der Waals surface area contributed by atoms with Gasteiger partial charge in [0.25, 0.3) is 17.6 Å². The second kappa shape index (κ2) is 9.35. The molecular weight excluding hydrogens is 384 g/mol. The summed E-state index contributed by atoms with van der Waals surface area (Å²) in [4.78, 5) is 49.9. The largest absolute Gasteiger partial charge is 0.451 e. The first-order valence-electron chi connectivity index (χ1n) is 9.89. The zero-order valence-electron chi connectivity index (χ0n) is 17.0. The first-order valence-corrected chi connectivity index (χ1v) is 9.89. The number of hydrogen-bond donors (Lipinski definition) is 1. The van der Waals surface area contributed by atoms with Gasteiger partial charge in [0.2, 0.25) is 0 Å². The van der Waals surface area contributed by atoms with Crippen LogP contribution < -0.4 is 10.2 Å². The van der Waals surface area contributed by atoms with Crippen molar-refractivity contribution in [2.45, 2.75) is 32.3 Å². The Morgan fingerprint density at radius 2 is 1.70 bits per heavy atom. The van der Waals surface area contributed by atoms with Crippen molar-refractivity contribution in [3.63, 3.8) is 0 Å². The number of fused-ring (bicyclic) bond motifs is 1. The lowest BCUT2D eigenvalue weighted by molar-refractivity contribution is -0.153. The number of benzene rings is 2. The number of anilines is 1. The first kappa shape index (κ1) is 21.2. The Bertz CT molecular complexity index is 957. The molecule has 1 aliphatic heterocycles. The maximum atomic E-state index is 12.4. The van der Waals surface area contributed by atoms with Gasteiger partial charge < -0.3 is 10.1 Å². The second-order valence-electron chi connectivity index (χ2n) is 7.13. The molecule has 2 aromatic rings. The number of ketones is 1. The monoisotopic (exact) mass is 408 g/mol. The molecule has 156 valence electrons. The van der Waals surface area contributed by atoms with E-state index in [1.807, 2.05) is 37.3 Å². The van der Waals surface area contributed by atoms with Gasteiger partial charge in [-0.1, -0.05) is 49.4 Å². The van der Waals surface area contributed by atoms with Crippen LogP contribution in [0.15, 0.2) is 54.6 Å². The number of carbonyl (C=O) groups excluding carboxylic acids is 4. The van der Waals surface area contributed by atoms with Gasteiger partial charge in [-0.3, -0.25) is 24.1 Å². The Kier molecular flexibility index (Phi) is 6.61. The van der Waals surface area contributed by atoms with Crippen LogP contribution in [0.4, 0.5) is 5.69 Å². The second-order valence-corrected chi connectivity index (χ2v) is 7.13. The predicted molar refractivity (Wildman–Crippen MR) is 111 cm³/mol. The van der Waals surface area contributed by atoms with Gasteiger partial charge in [-0.15, -0.1) is 0 Å². The summed E-state index contributed by atoms with van der Waals surface area (Å²) in [5.41, 5.74) is 1.75. The number of Topliss-reactive ketones (excluding diaryl/α,β-unsaturated/α-hetero) is 1. The fourth-order valence-corrected chi connectivity index (χ4v) is 3.41. The van der Waals surface area contributed by atoms with E-state index in [4.69, 9.17) is 4.74 Å². The topological polar surface area (TPSA) is 92.8 Å². The fourth-order valence-electron chi connectivity index (χ4n) is 3.41. The van der Waals surface area contributed by atoms with Crippen LogP contribution in [-0.4, -0.2) is 42.8 Å². The predicted octanol–water partition coefficient (Wildman–Crippen LogP) is 2.46. The van der Waals surface area contributed by atoms with Crippen LogP contribution in [0.1, 0.15) is 42.1 Å². The highest BCUT2D eigenvalue weighted by molar-refractivity contribution is 6.52. The SMILES string of the molecule is CC[C@@H](CNC(=O)[C@H](C)OC(=O)CN1C(=O)C(=O)c2ccccc21)c1ccccc1. The third kappa shape index (κ3) is 4.56. The molecule has 0 unspecified atom stereocenters. The minimum absolute atomic E-state index is 0.155. The van der Waals surface area contributed by atoms with E-state index < -0.39 is 36.2 Å². The molecule has 1 aliphatic rings. The molecule has 1 heterocycles. The van der Waals surface area contributed by atoms with Crippen LogP contribution >= 0.6 is 0 Å². The van der Waals surface area contributed by atoms with E-state index in [-0.39, 0.29) is 11.5 Å². The normalized spacial score (nSPS) is 14.8. The average molecular weight is 408 g/mol. The van der Waals surface area contributed by atoms with Crippen molar-refractivity contribution in [1.82, 2.24) is 5.32 Å². The van der Waals surface area contributed by atoms with Crippen molar-refractivity contribution in [1.29, 1.82) is 0 Å². The van der Waals surface area contributed by atoms with Crippen molar-refractivity contribution < 1.29 is 23.9 Å². The summed E-state index contributed by atoms with van der Waals surface area (Å²) in [5, 5.41) is 2.81. The number of amides is 2. The van der Waals surface area contributed by atoms with Crippen molar-refractivity contribution in [2.75, 3.05) is 18.0 Å². The lowest BCUT2D eigenvalue weighted by Crippen LogP contribution is -2.41. The molecule has 7 heteroatoms. The van der Waals surface area contributed by atoms with Crippen molar-refractivity contribution in [3.8, 4) is 0 Å². The van der Waals surface area contributed by atoms with Gasteiger partial charge in [-0.05, 0) is 31.0 Å². The molecule has 3 rings (SSSR count). The van der Waals surface area contributed by atoms with Crippen LogP contribution in [0.25, 0.3) is 0 Å². The molecule has 0 saturated carbocycles. The number of nitrogens with one attached hydrogen (secondary N) is 1. The number of rotatable bonds is 8. The van der Waals surface area contributed by atoms with E-state index in [2.05, 4.69) is 5.32 Å². The van der Waals surface area contributed by atoms with Crippen LogP contribution in [0.3, 0.4) is 0 Å². The molecule has 1 N–H and O–H groups in total. The maximum Gasteiger partial charge on any atom is 0.326 e. The van der Waals surface area contributed by atoms with Gasteiger partial charge in [-0.2, -0.15) is 0 Å². The van der Waals surface area contributed by atoms with E-state index in [1.165, 1.54) is 13.0 Å². The van der Waals surface area contributed by atoms with E-state index in [0.29, 0.717) is 12.2 Å². The average Bonchev–Trinajstić information content (AvgIpc) is 2.99. The molecule has 7 nitrogen and oxygen atoms in total. The summed E-state index contributed by atoms with van der Waals surface area (Å²) in [6, 6.07) is 16.3. The molecule has 2 aromatic carbocycles. The molecule has 0 fully saturated rings. The molecule has 0 saturated heterocycles. The highest BCUT2D eigenvalue weighted by Gasteiger charge is 2.37. The number of esters is 1. The summed E-state index contributed by atoms with van der Waals surface area (Å²) in [6.07, 6.45) is -0.169. The van der Waals surface area contributed by atoms with E-state index in [9.17, 15) is 19.2 Å². The van der Waals surface area contributed by atoms with Crippen LogP contribution in [-0.2, 0) is 19.1 Å². The molecule has 0 bridgehead atoms. The smallest absolute Gasteiger partial charge is 0.326 e. The fraction of sp³-hybridized carbons (Fsp3) is 0.304. The van der Waals surface area contributed by atoms with E-state index in [1.54, 1.807) is 18.2 Å². The quantitative estimate of drug-likeness (QED) is 0.535. The number of ether oxygens (including phenoxy) is 1. The number of nitrogens with zero attached hydrogens (tertiary/aromatic N) is 1. The lowest BCUT2D eigenvalue weighted by atomic mass is 9.96. The molecule has 30 heavy (non-hydrogen) atoms. The number of carbonyl (C=O) groups is 4. The standard InChI is InChI=1S/C23H24N2O5/c1-3-16(17-9-5-4-6-10-17)13-24-22(28)15(2)30-20(26)14-25-19-12-8-7-11-18(19)21(27)23(25)29/h4-12,15-16H,3,13-14H2,1-2H3,(H,24,28)/t15-,16-/m0/s1. The summed E-state index contributed by atoms with van der Waals surface area (Å²) < 4.78 is 5.19. The van der Waals surface area contributed by atoms with Gasteiger partial charge in [0.1, 0.15) is 6.54 Å². The van der Waals surface area contributed by atoms with Gasteiger partial charge in [0.05, 0.1) is 11.3 Å². The Morgan fingerprint density at radius 1 is 1.03 bits per heavy atom. The Labute approximate surface area is 175 Å². The molecule has 2 amide bonds. The Balaban J connectivity index is 1.53. The molecule has 0 radical (unpaired) electrons. The molecule has 0 spiro atoms. The first-order chi connectivity index (χ1) is 14.4. The number of para-hydroxylation sites is 1. The zero-order chi connectivity index (χ0) is 21.7. The maximum absolute atomic E-state index is 12.4. The lowest BCUT2D eigenvalue weighted by Gasteiger charge is -2.20. The Morgan fingerprint density at radius 3 is 2.40 bits per heavy atom. The van der Waals surface area contributed by atoms with Gasteiger partial charge in [-0.25, -0.2) is 0 Å². The summed E-state index contributed by atoms with van der Waals surface area (Å²) in [7, 11) is 0.